The first-order chi connectivity index (χ1) is 16.5. The quantitative estimate of drug-likeness (QED) is 0.713. The highest BCUT2D eigenvalue weighted by molar-refractivity contribution is 6.10. The highest BCUT2D eigenvalue weighted by atomic mass is 16.5. The van der Waals surface area contributed by atoms with Crippen molar-refractivity contribution in [3.8, 4) is 0 Å². The van der Waals surface area contributed by atoms with Crippen LogP contribution in [0.3, 0.4) is 0 Å². The number of hydrogen-bond acceptors (Lipinski definition) is 5. The fourth-order valence-electron chi connectivity index (χ4n) is 5.31. The van der Waals surface area contributed by atoms with Gasteiger partial charge in [0.1, 0.15) is 5.66 Å². The molecule has 0 aromatic heterocycles. The Morgan fingerprint density at radius 2 is 1.74 bits per heavy atom. The van der Waals surface area contributed by atoms with Crippen LogP contribution in [0.1, 0.15) is 43.0 Å². The molecule has 3 heterocycles. The van der Waals surface area contributed by atoms with Crippen molar-refractivity contribution in [3.63, 3.8) is 0 Å². The summed E-state index contributed by atoms with van der Waals surface area (Å²) >= 11 is 0. The molecule has 34 heavy (non-hydrogen) atoms. The van der Waals surface area contributed by atoms with Gasteiger partial charge >= 0.3 is 0 Å². The van der Waals surface area contributed by atoms with E-state index in [4.69, 9.17) is 4.74 Å². The van der Waals surface area contributed by atoms with Crippen LogP contribution in [0.25, 0.3) is 0 Å². The van der Waals surface area contributed by atoms with Crippen molar-refractivity contribution in [2.45, 2.75) is 38.3 Å². The number of morpholine rings is 1. The van der Waals surface area contributed by atoms with Crippen molar-refractivity contribution in [2.75, 3.05) is 48.0 Å². The number of carbonyl (C=O) groups is 3. The number of benzene rings is 2. The molecule has 178 valence electrons. The minimum absolute atomic E-state index is 0.0323. The van der Waals surface area contributed by atoms with Gasteiger partial charge in [-0.3, -0.25) is 19.3 Å². The Bertz CT molecular complexity index is 1110. The van der Waals surface area contributed by atoms with Crippen molar-refractivity contribution in [2.24, 2.45) is 0 Å². The van der Waals surface area contributed by atoms with E-state index in [1.54, 1.807) is 15.9 Å². The molecule has 2 aromatic rings. The van der Waals surface area contributed by atoms with Crippen molar-refractivity contribution < 1.29 is 19.1 Å². The molecule has 8 heteroatoms. The molecule has 8 nitrogen and oxygen atoms in total. The van der Waals surface area contributed by atoms with E-state index < -0.39 is 5.66 Å². The van der Waals surface area contributed by atoms with E-state index >= 15 is 0 Å². The number of fused-ring (bicyclic) bond motifs is 3. The lowest BCUT2D eigenvalue weighted by atomic mass is 9.98. The molecular formula is C26H30N4O4. The summed E-state index contributed by atoms with van der Waals surface area (Å²) < 4.78 is 5.44. The van der Waals surface area contributed by atoms with Gasteiger partial charge in [0, 0.05) is 32.5 Å². The molecular weight excluding hydrogens is 432 g/mol. The number of anilines is 3. The van der Waals surface area contributed by atoms with Crippen LogP contribution in [0.5, 0.6) is 0 Å². The molecule has 0 saturated carbocycles. The van der Waals surface area contributed by atoms with Gasteiger partial charge in [-0.2, -0.15) is 0 Å². The summed E-state index contributed by atoms with van der Waals surface area (Å²) in [5, 5.41) is 3.05. The second-order valence-electron chi connectivity index (χ2n) is 9.19. The van der Waals surface area contributed by atoms with Crippen molar-refractivity contribution in [1.29, 1.82) is 0 Å². The number of nitrogens with zero attached hydrogens (tertiary/aromatic N) is 3. The van der Waals surface area contributed by atoms with E-state index in [0.717, 1.165) is 24.5 Å². The fraction of sp³-hybridized carbons (Fsp3) is 0.423. The fourth-order valence-corrected chi connectivity index (χ4v) is 5.31. The van der Waals surface area contributed by atoms with Gasteiger partial charge in [0.2, 0.25) is 11.8 Å². The van der Waals surface area contributed by atoms with Crippen LogP contribution in [0, 0.1) is 0 Å². The first kappa shape index (κ1) is 22.4. The smallest absolute Gasteiger partial charge is 0.257 e. The van der Waals surface area contributed by atoms with Crippen LogP contribution in [0.2, 0.25) is 0 Å². The molecule has 1 N–H and O–H groups in total. The molecule has 5 rings (SSSR count). The lowest BCUT2D eigenvalue weighted by Gasteiger charge is -2.48. The van der Waals surface area contributed by atoms with Gasteiger partial charge in [-0.05, 0) is 44.0 Å². The van der Waals surface area contributed by atoms with E-state index in [1.807, 2.05) is 49.4 Å². The van der Waals surface area contributed by atoms with Gasteiger partial charge in [0.05, 0.1) is 35.8 Å². The molecule has 0 aliphatic carbocycles. The van der Waals surface area contributed by atoms with E-state index in [9.17, 15) is 14.4 Å². The first-order valence-corrected chi connectivity index (χ1v) is 11.9. The molecule has 1 atom stereocenters. The molecule has 0 spiro atoms. The predicted molar refractivity (Wildman–Crippen MR) is 130 cm³/mol. The largest absolute Gasteiger partial charge is 0.378 e. The standard InChI is InChI=1S/C26H30N4O4/c1-26-13-12-24(32)30(26)21-9-4-2-7-19(21)25(33)29(26)14-6-11-23(31)27-20-8-3-5-10-22(20)28-15-17-34-18-16-28/h2-5,7-10H,6,11-18H2,1H3,(H,27,31). The second-order valence-corrected chi connectivity index (χ2v) is 9.19. The summed E-state index contributed by atoms with van der Waals surface area (Å²) in [7, 11) is 0. The molecule has 2 saturated heterocycles. The predicted octanol–water partition coefficient (Wildman–Crippen LogP) is 3.24. The average molecular weight is 463 g/mol. The van der Waals surface area contributed by atoms with Gasteiger partial charge in [0.15, 0.2) is 0 Å². The van der Waals surface area contributed by atoms with Gasteiger partial charge in [0.25, 0.3) is 5.91 Å². The Kier molecular flexibility index (Phi) is 6.00. The van der Waals surface area contributed by atoms with Gasteiger partial charge in [-0.15, -0.1) is 0 Å². The molecule has 3 aliphatic rings. The number of nitrogens with one attached hydrogen (secondary N) is 1. The summed E-state index contributed by atoms with van der Waals surface area (Å²) in [4.78, 5) is 44.6. The van der Waals surface area contributed by atoms with Gasteiger partial charge in [-0.25, -0.2) is 0 Å². The number of amides is 3. The molecule has 3 aliphatic heterocycles. The summed E-state index contributed by atoms with van der Waals surface area (Å²) in [6, 6.07) is 15.1. The number of rotatable bonds is 6. The minimum Gasteiger partial charge on any atom is -0.378 e. The third-order valence-corrected chi connectivity index (χ3v) is 7.06. The molecule has 0 bridgehead atoms. The lowest BCUT2D eigenvalue weighted by Crippen LogP contribution is -2.62. The Morgan fingerprint density at radius 3 is 2.53 bits per heavy atom. The normalized spacial score (nSPS) is 22.0. The Labute approximate surface area is 199 Å². The number of ether oxygens (including phenoxy) is 1. The Hall–Kier alpha value is -3.39. The maximum atomic E-state index is 13.3. The molecule has 0 radical (unpaired) electrons. The monoisotopic (exact) mass is 462 g/mol. The van der Waals surface area contributed by atoms with Crippen molar-refractivity contribution >= 4 is 34.8 Å². The molecule has 2 fully saturated rings. The second kappa shape index (κ2) is 9.10. The Balaban J connectivity index is 1.25. The average Bonchev–Trinajstić information content (AvgIpc) is 3.17. The lowest BCUT2D eigenvalue weighted by molar-refractivity contribution is -0.118. The van der Waals surface area contributed by atoms with E-state index in [-0.39, 0.29) is 24.1 Å². The molecule has 1 unspecified atom stereocenters. The highest BCUT2D eigenvalue weighted by Gasteiger charge is 2.52. The summed E-state index contributed by atoms with van der Waals surface area (Å²) in [5.74, 6) is -0.137. The topological polar surface area (TPSA) is 82.2 Å². The van der Waals surface area contributed by atoms with Crippen LogP contribution in [-0.2, 0) is 14.3 Å². The maximum absolute atomic E-state index is 13.3. The van der Waals surface area contributed by atoms with Crippen molar-refractivity contribution in [3.05, 3.63) is 54.1 Å². The van der Waals surface area contributed by atoms with Gasteiger partial charge in [-0.1, -0.05) is 24.3 Å². The maximum Gasteiger partial charge on any atom is 0.257 e. The van der Waals surface area contributed by atoms with Crippen LogP contribution in [0.15, 0.2) is 48.5 Å². The zero-order valence-corrected chi connectivity index (χ0v) is 19.5. The SMILES string of the molecule is CC12CCC(=O)N1c1ccccc1C(=O)N2CCCC(=O)Nc1ccccc1N1CCOCC1. The van der Waals surface area contributed by atoms with Crippen LogP contribution in [0.4, 0.5) is 17.1 Å². The highest BCUT2D eigenvalue weighted by Crippen LogP contribution is 2.44. The van der Waals surface area contributed by atoms with E-state index in [0.29, 0.717) is 50.3 Å². The van der Waals surface area contributed by atoms with Crippen LogP contribution >= 0.6 is 0 Å². The van der Waals surface area contributed by atoms with Crippen molar-refractivity contribution in [1.82, 2.24) is 4.90 Å². The zero-order valence-electron chi connectivity index (χ0n) is 19.5. The number of carbonyl (C=O) groups excluding carboxylic acids is 3. The van der Waals surface area contributed by atoms with E-state index in [1.165, 1.54) is 0 Å². The van der Waals surface area contributed by atoms with E-state index in [2.05, 4.69) is 10.2 Å². The summed E-state index contributed by atoms with van der Waals surface area (Å²) in [6.45, 7) is 5.29. The number of hydrogen-bond donors (Lipinski definition) is 1. The molecule has 3 amide bonds. The minimum atomic E-state index is -0.693. The summed E-state index contributed by atoms with van der Waals surface area (Å²) in [6.07, 6.45) is 1.79. The summed E-state index contributed by atoms with van der Waals surface area (Å²) in [5.41, 5.74) is 2.32. The molecule has 2 aromatic carbocycles. The van der Waals surface area contributed by atoms with Crippen LogP contribution < -0.4 is 15.1 Å². The number of para-hydroxylation sites is 3. The zero-order chi connectivity index (χ0) is 23.7. The Morgan fingerprint density at radius 1 is 1.03 bits per heavy atom. The third kappa shape index (κ3) is 3.92. The van der Waals surface area contributed by atoms with Gasteiger partial charge < -0.3 is 19.9 Å². The first-order valence-electron chi connectivity index (χ1n) is 11.9. The third-order valence-electron chi connectivity index (χ3n) is 7.06. The van der Waals surface area contributed by atoms with Crippen LogP contribution in [-0.4, -0.2) is 61.1 Å².